The topological polar surface area (TPSA) is 42.7 Å². The fraction of sp³-hybridized carbons (Fsp3) is 0.385. The summed E-state index contributed by atoms with van der Waals surface area (Å²) in [6, 6.07) is 6.09. The Morgan fingerprint density at radius 2 is 2.26 bits per heavy atom. The van der Waals surface area contributed by atoms with Crippen LogP contribution in [0.3, 0.4) is 0 Å². The number of hydrogen-bond acceptors (Lipinski definition) is 3. The molecule has 19 heavy (non-hydrogen) atoms. The Bertz CT molecular complexity index is 555. The molecule has 1 heterocycles. The maximum Gasteiger partial charge on any atom is 0.138 e. The third-order valence-corrected chi connectivity index (χ3v) is 3.80. The number of hydrogen-bond donors (Lipinski definition) is 1. The van der Waals surface area contributed by atoms with Gasteiger partial charge in [-0.2, -0.15) is 5.10 Å². The van der Waals surface area contributed by atoms with Gasteiger partial charge in [0.05, 0.1) is 0 Å². The standard InChI is InChI=1S/C13H16BrClN4/c1-3-16-12(7-13-17-8-18-19(13)2)10-5-4-9(14)6-11(10)15/h4-6,8,12,16H,3,7H2,1-2H3. The molecule has 0 bridgehead atoms. The summed E-state index contributed by atoms with van der Waals surface area (Å²) in [6.07, 6.45) is 2.33. The molecule has 1 aromatic carbocycles. The van der Waals surface area contributed by atoms with Crippen molar-refractivity contribution in [1.82, 2.24) is 20.1 Å². The largest absolute Gasteiger partial charge is 0.310 e. The van der Waals surface area contributed by atoms with Crippen molar-refractivity contribution in [2.75, 3.05) is 6.54 Å². The zero-order valence-corrected chi connectivity index (χ0v) is 13.2. The fourth-order valence-corrected chi connectivity index (χ4v) is 2.82. The molecule has 1 atom stereocenters. The maximum atomic E-state index is 6.33. The quantitative estimate of drug-likeness (QED) is 0.907. The van der Waals surface area contributed by atoms with Crippen molar-refractivity contribution in [2.45, 2.75) is 19.4 Å². The third kappa shape index (κ3) is 3.55. The predicted molar refractivity (Wildman–Crippen MR) is 80.3 cm³/mol. The number of nitrogens with one attached hydrogen (secondary N) is 1. The van der Waals surface area contributed by atoms with Gasteiger partial charge in [0.1, 0.15) is 12.2 Å². The molecule has 2 rings (SSSR count). The first-order chi connectivity index (χ1) is 9.11. The van der Waals surface area contributed by atoms with E-state index in [2.05, 4.69) is 38.3 Å². The van der Waals surface area contributed by atoms with Crippen LogP contribution in [0.5, 0.6) is 0 Å². The molecule has 1 aromatic heterocycles. The molecular formula is C13H16BrClN4. The molecular weight excluding hydrogens is 328 g/mol. The third-order valence-electron chi connectivity index (χ3n) is 2.98. The molecule has 0 radical (unpaired) electrons. The number of nitrogens with zero attached hydrogens (tertiary/aromatic N) is 3. The van der Waals surface area contributed by atoms with Gasteiger partial charge in [-0.25, -0.2) is 4.98 Å². The van der Waals surface area contributed by atoms with Crippen LogP contribution in [-0.4, -0.2) is 21.3 Å². The van der Waals surface area contributed by atoms with Gasteiger partial charge in [-0.05, 0) is 24.2 Å². The summed E-state index contributed by atoms with van der Waals surface area (Å²) in [5, 5.41) is 8.29. The molecule has 0 saturated carbocycles. The minimum absolute atomic E-state index is 0.133. The zero-order valence-electron chi connectivity index (χ0n) is 10.9. The highest BCUT2D eigenvalue weighted by molar-refractivity contribution is 9.10. The molecule has 0 aliphatic carbocycles. The van der Waals surface area contributed by atoms with Gasteiger partial charge >= 0.3 is 0 Å². The lowest BCUT2D eigenvalue weighted by molar-refractivity contribution is 0.522. The number of rotatable bonds is 5. The second-order valence-corrected chi connectivity index (χ2v) is 5.60. The Kier molecular flexibility index (Phi) is 4.96. The average Bonchev–Trinajstić information content (AvgIpc) is 2.75. The normalized spacial score (nSPS) is 12.6. The van der Waals surface area contributed by atoms with Crippen LogP contribution in [0.2, 0.25) is 5.02 Å². The van der Waals surface area contributed by atoms with Crippen LogP contribution in [0.1, 0.15) is 24.4 Å². The van der Waals surface area contributed by atoms with Gasteiger partial charge in [-0.15, -0.1) is 0 Å². The van der Waals surface area contributed by atoms with E-state index in [-0.39, 0.29) is 6.04 Å². The van der Waals surface area contributed by atoms with Gasteiger partial charge < -0.3 is 5.32 Å². The molecule has 0 aliphatic heterocycles. The minimum atomic E-state index is 0.133. The monoisotopic (exact) mass is 342 g/mol. The van der Waals surface area contributed by atoms with E-state index in [0.717, 1.165) is 33.8 Å². The lowest BCUT2D eigenvalue weighted by Crippen LogP contribution is -2.24. The van der Waals surface area contributed by atoms with E-state index in [9.17, 15) is 0 Å². The van der Waals surface area contributed by atoms with E-state index in [1.54, 1.807) is 11.0 Å². The Morgan fingerprint density at radius 1 is 1.47 bits per heavy atom. The summed E-state index contributed by atoms with van der Waals surface area (Å²) in [5.74, 6) is 0.935. The van der Waals surface area contributed by atoms with Crippen molar-refractivity contribution in [2.24, 2.45) is 7.05 Å². The molecule has 1 N–H and O–H groups in total. The molecule has 0 spiro atoms. The molecule has 0 fully saturated rings. The van der Waals surface area contributed by atoms with Gasteiger partial charge in [-0.1, -0.05) is 40.5 Å². The van der Waals surface area contributed by atoms with E-state index in [1.165, 1.54) is 0 Å². The highest BCUT2D eigenvalue weighted by Gasteiger charge is 2.17. The fourth-order valence-electron chi connectivity index (χ4n) is 2.01. The van der Waals surface area contributed by atoms with Gasteiger partial charge in [0.15, 0.2) is 0 Å². The molecule has 0 amide bonds. The summed E-state index contributed by atoms with van der Waals surface area (Å²) in [4.78, 5) is 4.27. The van der Waals surface area contributed by atoms with Gasteiger partial charge in [-0.3, -0.25) is 4.68 Å². The van der Waals surface area contributed by atoms with E-state index in [0.29, 0.717) is 0 Å². The number of aromatic nitrogens is 3. The molecule has 102 valence electrons. The van der Waals surface area contributed by atoms with Crippen molar-refractivity contribution in [3.63, 3.8) is 0 Å². The summed E-state index contributed by atoms with van der Waals surface area (Å²) in [5.41, 5.74) is 1.08. The van der Waals surface area contributed by atoms with E-state index in [4.69, 9.17) is 11.6 Å². The molecule has 6 heteroatoms. The number of likely N-dealkylation sites (N-methyl/N-ethyl adjacent to an activating group) is 1. The molecule has 2 aromatic rings. The molecule has 1 unspecified atom stereocenters. The van der Waals surface area contributed by atoms with Crippen molar-refractivity contribution < 1.29 is 0 Å². The van der Waals surface area contributed by atoms with Gasteiger partial charge in [0, 0.05) is 29.0 Å². The van der Waals surface area contributed by atoms with Crippen LogP contribution in [0, 0.1) is 0 Å². The predicted octanol–water partition coefficient (Wildman–Crippen LogP) is 3.12. The molecule has 4 nitrogen and oxygen atoms in total. The summed E-state index contributed by atoms with van der Waals surface area (Å²) in [7, 11) is 1.90. The first-order valence-electron chi connectivity index (χ1n) is 6.13. The SMILES string of the molecule is CCNC(Cc1ncnn1C)c1ccc(Br)cc1Cl. The summed E-state index contributed by atoms with van der Waals surface area (Å²) in [6.45, 7) is 2.95. The second kappa shape index (κ2) is 6.50. The molecule has 0 aliphatic rings. The second-order valence-electron chi connectivity index (χ2n) is 4.28. The summed E-state index contributed by atoms with van der Waals surface area (Å²) < 4.78 is 2.77. The number of benzene rings is 1. The van der Waals surface area contributed by atoms with Gasteiger partial charge in [0.2, 0.25) is 0 Å². The highest BCUT2D eigenvalue weighted by atomic mass is 79.9. The number of aryl methyl sites for hydroxylation is 1. The smallest absolute Gasteiger partial charge is 0.138 e. The lowest BCUT2D eigenvalue weighted by atomic mass is 10.0. The maximum absolute atomic E-state index is 6.33. The van der Waals surface area contributed by atoms with E-state index >= 15 is 0 Å². The zero-order chi connectivity index (χ0) is 13.8. The average molecular weight is 344 g/mol. The van der Waals surface area contributed by atoms with Crippen LogP contribution < -0.4 is 5.32 Å². The van der Waals surface area contributed by atoms with E-state index in [1.807, 2.05) is 25.2 Å². The molecule has 0 saturated heterocycles. The van der Waals surface area contributed by atoms with Crippen molar-refractivity contribution in [3.05, 3.63) is 45.4 Å². The van der Waals surface area contributed by atoms with Crippen molar-refractivity contribution in [1.29, 1.82) is 0 Å². The Hall–Kier alpha value is -0.910. The van der Waals surface area contributed by atoms with Crippen LogP contribution in [-0.2, 0) is 13.5 Å². The van der Waals surface area contributed by atoms with Crippen LogP contribution >= 0.6 is 27.5 Å². The van der Waals surface area contributed by atoms with Crippen molar-refractivity contribution >= 4 is 27.5 Å². The minimum Gasteiger partial charge on any atom is -0.310 e. The first kappa shape index (κ1) is 14.5. The van der Waals surface area contributed by atoms with Crippen LogP contribution in [0.15, 0.2) is 29.0 Å². The Balaban J connectivity index is 2.27. The lowest BCUT2D eigenvalue weighted by Gasteiger charge is -2.19. The number of halogens is 2. The van der Waals surface area contributed by atoms with Crippen molar-refractivity contribution in [3.8, 4) is 0 Å². The van der Waals surface area contributed by atoms with Gasteiger partial charge in [0.25, 0.3) is 0 Å². The van der Waals surface area contributed by atoms with Crippen LogP contribution in [0.4, 0.5) is 0 Å². The Morgan fingerprint density at radius 3 is 2.84 bits per heavy atom. The Labute approximate surface area is 126 Å². The van der Waals surface area contributed by atoms with E-state index < -0.39 is 0 Å². The van der Waals surface area contributed by atoms with Crippen LogP contribution in [0.25, 0.3) is 0 Å². The highest BCUT2D eigenvalue weighted by Crippen LogP contribution is 2.28. The summed E-state index contributed by atoms with van der Waals surface area (Å²) >= 11 is 9.75. The first-order valence-corrected chi connectivity index (χ1v) is 7.30.